The van der Waals surface area contributed by atoms with E-state index in [4.69, 9.17) is 11.6 Å². The van der Waals surface area contributed by atoms with Gasteiger partial charge in [0.2, 0.25) is 0 Å². The Labute approximate surface area is 147 Å². The molecule has 8 heteroatoms. The Morgan fingerprint density at radius 2 is 2.04 bits per heavy atom. The topological polar surface area (TPSA) is 71.8 Å². The monoisotopic (exact) mass is 361 g/mol. The van der Waals surface area contributed by atoms with E-state index in [0.717, 1.165) is 38.4 Å². The van der Waals surface area contributed by atoms with Crippen LogP contribution in [0.1, 0.15) is 38.4 Å². The van der Waals surface area contributed by atoms with E-state index in [1.807, 2.05) is 26.8 Å². The molecule has 1 atom stereocenters. The zero-order valence-corrected chi connectivity index (χ0v) is 15.3. The van der Waals surface area contributed by atoms with Crippen LogP contribution in [0.4, 0.5) is 5.69 Å². The molecule has 4 heterocycles. The number of pyridine rings is 1. The van der Waals surface area contributed by atoms with Crippen molar-refractivity contribution in [1.29, 1.82) is 0 Å². The molecule has 0 saturated carbocycles. The van der Waals surface area contributed by atoms with Crippen molar-refractivity contribution >= 4 is 44.7 Å². The Bertz CT molecular complexity index is 1010. The fourth-order valence-electron chi connectivity index (χ4n) is 3.24. The highest BCUT2D eigenvalue weighted by Gasteiger charge is 2.32. The molecule has 24 heavy (non-hydrogen) atoms. The Kier molecular flexibility index (Phi) is 3.33. The first-order chi connectivity index (χ1) is 11.4. The van der Waals surface area contributed by atoms with Gasteiger partial charge in [-0.15, -0.1) is 11.3 Å². The fourth-order valence-corrected chi connectivity index (χ4v) is 4.68. The molecule has 0 aliphatic carbocycles. The van der Waals surface area contributed by atoms with Gasteiger partial charge in [-0.3, -0.25) is 9.48 Å². The van der Waals surface area contributed by atoms with E-state index in [-0.39, 0.29) is 5.91 Å². The highest BCUT2D eigenvalue weighted by Crippen LogP contribution is 2.42. The van der Waals surface area contributed by atoms with E-state index in [9.17, 15) is 4.79 Å². The quantitative estimate of drug-likeness (QED) is 0.696. The fraction of sp³-hybridized carbons (Fsp3) is 0.312. The number of thiophene rings is 1. The number of fused-ring (bicyclic) bond motifs is 3. The smallest absolute Gasteiger partial charge is 0.265 e. The molecule has 0 spiro atoms. The van der Waals surface area contributed by atoms with E-state index in [0.29, 0.717) is 10.0 Å². The van der Waals surface area contributed by atoms with Gasteiger partial charge in [0.25, 0.3) is 5.91 Å². The van der Waals surface area contributed by atoms with Crippen LogP contribution in [0, 0.1) is 20.8 Å². The van der Waals surface area contributed by atoms with Crippen LogP contribution in [0.5, 0.6) is 0 Å². The number of aromatic nitrogens is 3. The maximum Gasteiger partial charge on any atom is 0.265 e. The highest BCUT2D eigenvalue weighted by molar-refractivity contribution is 7.21. The standard InChI is InChI=1S/C16H16ClN5OS/c1-6-5-7(2)18-16-9(6)11-12(24-16)15(23)20-14(19-11)10-8(3)21-22(4)13(10)17/h5,14,19H,1-4H3,(H,20,23)/t14-/m1/s1. The number of hydrogen-bond donors (Lipinski definition) is 2. The first kappa shape index (κ1) is 15.4. The predicted octanol–water partition coefficient (Wildman–Crippen LogP) is 3.46. The summed E-state index contributed by atoms with van der Waals surface area (Å²) in [6.07, 6.45) is -0.412. The zero-order valence-electron chi connectivity index (χ0n) is 13.7. The molecule has 1 aliphatic heterocycles. The van der Waals surface area contributed by atoms with Gasteiger partial charge in [0.1, 0.15) is 21.0 Å². The van der Waals surface area contributed by atoms with E-state index in [1.165, 1.54) is 11.3 Å². The van der Waals surface area contributed by atoms with Crippen molar-refractivity contribution in [3.63, 3.8) is 0 Å². The number of nitrogens with zero attached hydrogens (tertiary/aromatic N) is 3. The predicted molar refractivity (Wildman–Crippen MR) is 95.9 cm³/mol. The van der Waals surface area contributed by atoms with Crippen LogP contribution in [-0.4, -0.2) is 20.7 Å². The van der Waals surface area contributed by atoms with Gasteiger partial charge in [-0.2, -0.15) is 5.10 Å². The number of anilines is 1. The third-order valence-corrected chi connectivity index (χ3v) is 5.77. The molecule has 124 valence electrons. The molecule has 1 aliphatic rings. The number of carbonyl (C=O) groups excluding carboxylic acids is 1. The summed E-state index contributed by atoms with van der Waals surface area (Å²) in [6, 6.07) is 2.03. The minimum Gasteiger partial charge on any atom is -0.359 e. The van der Waals surface area contributed by atoms with Gasteiger partial charge in [0.15, 0.2) is 0 Å². The molecular weight excluding hydrogens is 346 g/mol. The third kappa shape index (κ3) is 2.12. The Balaban J connectivity index is 1.89. The van der Waals surface area contributed by atoms with Crippen molar-refractivity contribution in [2.24, 2.45) is 7.05 Å². The molecular formula is C16H16ClN5OS. The first-order valence-electron chi connectivity index (χ1n) is 7.54. The number of nitrogens with one attached hydrogen (secondary N) is 2. The lowest BCUT2D eigenvalue weighted by atomic mass is 10.1. The molecule has 6 nitrogen and oxygen atoms in total. The summed E-state index contributed by atoms with van der Waals surface area (Å²) in [5.41, 5.74) is 4.45. The molecule has 3 aromatic heterocycles. The molecule has 0 aromatic carbocycles. The number of rotatable bonds is 1. The Morgan fingerprint density at radius 3 is 2.71 bits per heavy atom. The van der Waals surface area contributed by atoms with Crippen LogP contribution >= 0.6 is 22.9 Å². The Hall–Kier alpha value is -2.12. The molecule has 3 aromatic rings. The van der Waals surface area contributed by atoms with Crippen LogP contribution in [0.2, 0.25) is 5.15 Å². The van der Waals surface area contributed by atoms with Crippen LogP contribution in [-0.2, 0) is 7.05 Å². The van der Waals surface area contributed by atoms with Gasteiger partial charge in [-0.25, -0.2) is 4.98 Å². The minimum absolute atomic E-state index is 0.117. The largest absolute Gasteiger partial charge is 0.359 e. The number of amides is 1. The van der Waals surface area contributed by atoms with E-state index >= 15 is 0 Å². The van der Waals surface area contributed by atoms with Crippen LogP contribution in [0.15, 0.2) is 6.07 Å². The van der Waals surface area contributed by atoms with Crippen LogP contribution in [0.3, 0.4) is 0 Å². The second-order valence-electron chi connectivity index (χ2n) is 6.03. The van der Waals surface area contributed by atoms with Crippen LogP contribution in [0.25, 0.3) is 10.2 Å². The van der Waals surface area contributed by atoms with Crippen molar-refractivity contribution in [1.82, 2.24) is 20.1 Å². The van der Waals surface area contributed by atoms with Gasteiger partial charge < -0.3 is 10.6 Å². The zero-order chi connectivity index (χ0) is 17.2. The Morgan fingerprint density at radius 1 is 1.29 bits per heavy atom. The molecule has 1 amide bonds. The SMILES string of the molecule is Cc1cc(C)c2c3c(sc2n1)C(=O)N[C@H](c1c(C)nn(C)c1Cl)N3. The number of aryl methyl sites for hydroxylation is 4. The molecule has 4 rings (SSSR count). The maximum atomic E-state index is 12.6. The van der Waals surface area contributed by atoms with Gasteiger partial charge in [0.05, 0.1) is 16.9 Å². The van der Waals surface area contributed by atoms with E-state index < -0.39 is 6.17 Å². The van der Waals surface area contributed by atoms with Crippen molar-refractivity contribution in [2.75, 3.05) is 5.32 Å². The number of hydrogen-bond acceptors (Lipinski definition) is 5. The second kappa shape index (κ2) is 5.19. The van der Waals surface area contributed by atoms with E-state index in [1.54, 1.807) is 11.7 Å². The van der Waals surface area contributed by atoms with Gasteiger partial charge >= 0.3 is 0 Å². The summed E-state index contributed by atoms with van der Waals surface area (Å²) in [5, 5.41) is 12.2. The average molecular weight is 362 g/mol. The molecule has 0 bridgehead atoms. The summed E-state index contributed by atoms with van der Waals surface area (Å²) < 4.78 is 1.61. The lowest BCUT2D eigenvalue weighted by molar-refractivity contribution is 0.0940. The molecule has 0 saturated heterocycles. The van der Waals surface area contributed by atoms with Crippen molar-refractivity contribution in [3.8, 4) is 0 Å². The van der Waals surface area contributed by atoms with Crippen molar-refractivity contribution < 1.29 is 4.79 Å². The first-order valence-corrected chi connectivity index (χ1v) is 8.73. The normalized spacial score (nSPS) is 16.9. The molecule has 0 unspecified atom stereocenters. The summed E-state index contributed by atoms with van der Waals surface area (Å²) in [4.78, 5) is 18.7. The van der Waals surface area contributed by atoms with Crippen molar-refractivity contribution in [3.05, 3.63) is 38.6 Å². The highest BCUT2D eigenvalue weighted by atomic mass is 35.5. The third-order valence-electron chi connectivity index (χ3n) is 4.24. The molecule has 2 N–H and O–H groups in total. The summed E-state index contributed by atoms with van der Waals surface area (Å²) >= 11 is 7.77. The number of carbonyl (C=O) groups is 1. The molecule has 0 fully saturated rings. The van der Waals surface area contributed by atoms with Crippen LogP contribution < -0.4 is 10.6 Å². The average Bonchev–Trinajstić information content (AvgIpc) is 2.97. The summed E-state index contributed by atoms with van der Waals surface area (Å²) in [5.74, 6) is -0.117. The molecule has 0 radical (unpaired) electrons. The summed E-state index contributed by atoms with van der Waals surface area (Å²) in [7, 11) is 1.78. The van der Waals surface area contributed by atoms with Gasteiger partial charge in [-0.05, 0) is 32.4 Å². The summed E-state index contributed by atoms with van der Waals surface area (Å²) in [6.45, 7) is 5.88. The van der Waals surface area contributed by atoms with Crippen molar-refractivity contribution in [2.45, 2.75) is 26.9 Å². The second-order valence-corrected chi connectivity index (χ2v) is 7.39. The number of halogens is 1. The van der Waals surface area contributed by atoms with Gasteiger partial charge in [0, 0.05) is 18.1 Å². The minimum atomic E-state index is -0.412. The maximum absolute atomic E-state index is 12.6. The lowest BCUT2D eigenvalue weighted by Crippen LogP contribution is -2.38. The lowest BCUT2D eigenvalue weighted by Gasteiger charge is -2.26. The van der Waals surface area contributed by atoms with Gasteiger partial charge in [-0.1, -0.05) is 11.6 Å². The van der Waals surface area contributed by atoms with E-state index in [2.05, 4.69) is 20.7 Å².